The van der Waals surface area contributed by atoms with Crippen LogP contribution in [0.3, 0.4) is 0 Å². The highest BCUT2D eigenvalue weighted by Gasteiger charge is 2.13. The molecule has 0 saturated heterocycles. The fraction of sp³-hybridized carbons (Fsp3) is 0.200. The molecule has 92 valence electrons. The van der Waals surface area contributed by atoms with Gasteiger partial charge in [-0.3, -0.25) is 0 Å². The number of alkyl halides is 1. The second kappa shape index (κ2) is 4.91. The van der Waals surface area contributed by atoms with Crippen molar-refractivity contribution in [3.8, 4) is 5.69 Å². The van der Waals surface area contributed by atoms with E-state index in [1.807, 2.05) is 12.3 Å². The molecule has 1 aromatic carbocycles. The molecular weight excluding hydrogens is 338 g/mol. The molecule has 8 heteroatoms. The van der Waals surface area contributed by atoms with Crippen molar-refractivity contribution in [3.63, 3.8) is 0 Å². The lowest BCUT2D eigenvalue weighted by atomic mass is 10.2. The lowest BCUT2D eigenvalue weighted by Gasteiger charge is -2.02. The van der Waals surface area contributed by atoms with Crippen molar-refractivity contribution in [1.82, 2.24) is 23.7 Å². The maximum absolute atomic E-state index is 6.22. The third-order valence-corrected chi connectivity index (χ3v) is 3.72. The predicted molar refractivity (Wildman–Crippen MR) is 74.8 cm³/mol. The van der Waals surface area contributed by atoms with Crippen LogP contribution in [0, 0.1) is 0 Å². The Morgan fingerprint density at radius 2 is 2.22 bits per heavy atom. The Hall–Kier alpha value is -1.05. The number of hydrogen-bond acceptors (Lipinski definition) is 5. The molecule has 0 bridgehead atoms. The lowest BCUT2D eigenvalue weighted by Crippen LogP contribution is -1.97. The van der Waals surface area contributed by atoms with Gasteiger partial charge in [-0.05, 0) is 12.1 Å². The van der Waals surface area contributed by atoms with Crippen LogP contribution >= 0.6 is 39.3 Å². The van der Waals surface area contributed by atoms with Crippen molar-refractivity contribution in [2.45, 2.75) is 6.42 Å². The standard InChI is InChI=1S/C10H7BrClN5S/c11-4-3-6-5-17(16-13-6)10-7(12)1-2-8-9(10)15-18-14-8/h1-2,5H,3-4H2. The Morgan fingerprint density at radius 3 is 3.06 bits per heavy atom. The summed E-state index contributed by atoms with van der Waals surface area (Å²) in [6.07, 6.45) is 2.68. The van der Waals surface area contributed by atoms with Crippen LogP contribution in [-0.4, -0.2) is 29.1 Å². The number of benzene rings is 1. The molecular formula is C10H7BrClN5S. The zero-order chi connectivity index (χ0) is 12.5. The average molecular weight is 345 g/mol. The Balaban J connectivity index is 2.17. The van der Waals surface area contributed by atoms with Gasteiger partial charge in [0.25, 0.3) is 0 Å². The molecule has 2 aromatic heterocycles. The lowest BCUT2D eigenvalue weighted by molar-refractivity contribution is 0.802. The zero-order valence-corrected chi connectivity index (χ0v) is 12.2. The Labute approximate surface area is 120 Å². The quantitative estimate of drug-likeness (QED) is 0.686. The predicted octanol–water partition coefficient (Wildman–Crippen LogP) is 2.86. The van der Waals surface area contributed by atoms with E-state index in [0.29, 0.717) is 5.02 Å². The summed E-state index contributed by atoms with van der Waals surface area (Å²) >= 11 is 10.8. The highest BCUT2D eigenvalue weighted by molar-refractivity contribution is 9.09. The molecule has 0 aliphatic heterocycles. The van der Waals surface area contributed by atoms with Crippen LogP contribution < -0.4 is 0 Å². The molecule has 0 saturated carbocycles. The van der Waals surface area contributed by atoms with Crippen LogP contribution in [0.4, 0.5) is 0 Å². The zero-order valence-electron chi connectivity index (χ0n) is 9.05. The summed E-state index contributed by atoms with van der Waals surface area (Å²) in [5, 5.41) is 9.63. The first kappa shape index (κ1) is 12.0. The minimum atomic E-state index is 0.588. The molecule has 0 aliphatic rings. The van der Waals surface area contributed by atoms with Gasteiger partial charge in [0.05, 0.1) is 28.6 Å². The molecule has 0 amide bonds. The minimum absolute atomic E-state index is 0.588. The molecule has 3 rings (SSSR count). The fourth-order valence-corrected chi connectivity index (χ4v) is 2.83. The van der Waals surface area contributed by atoms with Gasteiger partial charge < -0.3 is 0 Å². The molecule has 18 heavy (non-hydrogen) atoms. The van der Waals surface area contributed by atoms with Gasteiger partial charge in [-0.15, -0.1) is 5.10 Å². The van der Waals surface area contributed by atoms with Crippen molar-refractivity contribution in [1.29, 1.82) is 0 Å². The van der Waals surface area contributed by atoms with Gasteiger partial charge in [0, 0.05) is 11.8 Å². The van der Waals surface area contributed by atoms with Gasteiger partial charge in [0.2, 0.25) is 0 Å². The minimum Gasteiger partial charge on any atom is -0.217 e. The highest BCUT2D eigenvalue weighted by atomic mass is 79.9. The third kappa shape index (κ3) is 2.02. The van der Waals surface area contributed by atoms with Gasteiger partial charge in [-0.25, -0.2) is 4.68 Å². The monoisotopic (exact) mass is 343 g/mol. The second-order valence-electron chi connectivity index (χ2n) is 3.62. The largest absolute Gasteiger partial charge is 0.217 e. The van der Waals surface area contributed by atoms with Crippen LogP contribution in [0.5, 0.6) is 0 Å². The van der Waals surface area contributed by atoms with E-state index in [1.165, 1.54) is 0 Å². The molecule has 0 radical (unpaired) electrons. The van der Waals surface area contributed by atoms with Gasteiger partial charge in [-0.1, -0.05) is 32.7 Å². The normalized spacial score (nSPS) is 11.2. The molecule has 3 aromatic rings. The van der Waals surface area contributed by atoms with Crippen LogP contribution in [0.15, 0.2) is 18.3 Å². The van der Waals surface area contributed by atoms with Gasteiger partial charge in [-0.2, -0.15) is 8.75 Å². The number of rotatable bonds is 3. The van der Waals surface area contributed by atoms with Crippen LogP contribution in [-0.2, 0) is 6.42 Å². The molecule has 0 atom stereocenters. The maximum atomic E-state index is 6.22. The SMILES string of the molecule is Clc1ccc2nsnc2c1-n1cc(CCBr)nn1. The summed E-state index contributed by atoms with van der Waals surface area (Å²) in [6, 6.07) is 3.65. The van der Waals surface area contributed by atoms with Crippen molar-refractivity contribution in [3.05, 3.63) is 29.0 Å². The number of halogens is 2. The maximum Gasteiger partial charge on any atom is 0.132 e. The summed E-state index contributed by atoms with van der Waals surface area (Å²) in [4.78, 5) is 0. The van der Waals surface area contributed by atoms with E-state index >= 15 is 0 Å². The molecule has 0 fully saturated rings. The van der Waals surface area contributed by atoms with Crippen LogP contribution in [0.2, 0.25) is 5.02 Å². The topological polar surface area (TPSA) is 56.5 Å². The molecule has 0 unspecified atom stereocenters. The van der Waals surface area contributed by atoms with Crippen LogP contribution in [0.1, 0.15) is 5.69 Å². The summed E-state index contributed by atoms with van der Waals surface area (Å²) in [7, 11) is 0. The Kier molecular flexibility index (Phi) is 3.27. The van der Waals surface area contributed by atoms with E-state index in [-0.39, 0.29) is 0 Å². The summed E-state index contributed by atoms with van der Waals surface area (Å²) in [5.41, 5.74) is 3.21. The fourth-order valence-electron chi connectivity index (χ4n) is 1.65. The first-order valence-corrected chi connectivity index (χ1v) is 7.41. The van der Waals surface area contributed by atoms with Crippen molar-refractivity contribution in [2.75, 3.05) is 5.33 Å². The van der Waals surface area contributed by atoms with Crippen molar-refractivity contribution < 1.29 is 0 Å². The number of nitrogens with zero attached hydrogens (tertiary/aromatic N) is 5. The first-order valence-electron chi connectivity index (χ1n) is 5.18. The van der Waals surface area contributed by atoms with Gasteiger partial charge >= 0.3 is 0 Å². The van der Waals surface area contributed by atoms with E-state index in [9.17, 15) is 0 Å². The van der Waals surface area contributed by atoms with Gasteiger partial charge in [0.1, 0.15) is 16.7 Å². The Morgan fingerprint density at radius 1 is 1.33 bits per heavy atom. The number of aromatic nitrogens is 5. The second-order valence-corrected chi connectivity index (χ2v) is 5.35. The molecule has 0 aliphatic carbocycles. The molecule has 0 spiro atoms. The van der Waals surface area contributed by atoms with E-state index in [2.05, 4.69) is 35.0 Å². The number of aryl methyl sites for hydroxylation is 1. The average Bonchev–Trinajstić information content (AvgIpc) is 2.98. The van der Waals surface area contributed by atoms with Crippen molar-refractivity contribution >= 4 is 50.3 Å². The summed E-state index contributed by atoms with van der Waals surface area (Å²) in [5.74, 6) is 0. The molecule has 2 heterocycles. The number of fused-ring (bicyclic) bond motifs is 1. The molecule has 0 N–H and O–H groups in total. The van der Waals surface area contributed by atoms with E-state index in [1.54, 1.807) is 10.7 Å². The molecule has 5 nitrogen and oxygen atoms in total. The smallest absolute Gasteiger partial charge is 0.132 e. The number of hydrogen-bond donors (Lipinski definition) is 0. The van der Waals surface area contributed by atoms with E-state index in [0.717, 1.165) is 45.9 Å². The third-order valence-electron chi connectivity index (χ3n) is 2.47. The van der Waals surface area contributed by atoms with E-state index in [4.69, 9.17) is 11.6 Å². The van der Waals surface area contributed by atoms with E-state index < -0.39 is 0 Å². The van der Waals surface area contributed by atoms with Crippen molar-refractivity contribution in [2.24, 2.45) is 0 Å². The van der Waals surface area contributed by atoms with Crippen LogP contribution in [0.25, 0.3) is 16.7 Å². The Bertz CT molecular complexity index is 694. The summed E-state index contributed by atoms with van der Waals surface area (Å²) < 4.78 is 10.1. The first-order chi connectivity index (χ1) is 8.79. The highest BCUT2D eigenvalue weighted by Crippen LogP contribution is 2.27. The summed E-state index contributed by atoms with van der Waals surface area (Å²) in [6.45, 7) is 0. The van der Waals surface area contributed by atoms with Gasteiger partial charge in [0.15, 0.2) is 0 Å².